The van der Waals surface area contributed by atoms with Gasteiger partial charge in [0.2, 0.25) is 5.56 Å². The van der Waals surface area contributed by atoms with E-state index in [1.54, 1.807) is 0 Å². The summed E-state index contributed by atoms with van der Waals surface area (Å²) >= 11 is 0. The van der Waals surface area contributed by atoms with E-state index < -0.39 is 17.3 Å². The molecule has 3 rings (SSSR count). The van der Waals surface area contributed by atoms with E-state index in [-0.39, 0.29) is 17.0 Å². The maximum Gasteiger partial charge on any atom is 0.417 e. The van der Waals surface area contributed by atoms with Crippen molar-refractivity contribution in [2.24, 2.45) is 7.05 Å². The normalized spacial score (nSPS) is 16.4. The van der Waals surface area contributed by atoms with E-state index in [0.717, 1.165) is 12.8 Å². The molecule has 0 radical (unpaired) electrons. The third-order valence-corrected chi connectivity index (χ3v) is 3.13. The molecule has 2 aromatic rings. The van der Waals surface area contributed by atoms with E-state index in [1.807, 2.05) is 0 Å². The Morgan fingerprint density at radius 2 is 2.11 bits per heavy atom. The van der Waals surface area contributed by atoms with E-state index in [2.05, 4.69) is 10.1 Å². The third kappa shape index (κ3) is 1.61. The van der Waals surface area contributed by atoms with Crippen LogP contribution in [0.4, 0.5) is 13.2 Å². The van der Waals surface area contributed by atoms with Crippen LogP contribution in [-0.4, -0.2) is 14.8 Å². The number of aromatic nitrogens is 3. The third-order valence-electron chi connectivity index (χ3n) is 3.13. The van der Waals surface area contributed by atoms with Gasteiger partial charge in [0.1, 0.15) is 5.65 Å². The zero-order valence-electron chi connectivity index (χ0n) is 9.51. The Hall–Kier alpha value is -1.79. The van der Waals surface area contributed by atoms with Crippen LogP contribution in [0.15, 0.2) is 10.9 Å². The average Bonchev–Trinajstić information content (AvgIpc) is 3.03. The molecule has 1 saturated carbocycles. The number of halogens is 3. The number of fused-ring (bicyclic) bond motifs is 1. The Morgan fingerprint density at radius 3 is 2.67 bits per heavy atom. The molecule has 0 atom stereocenters. The van der Waals surface area contributed by atoms with Crippen LogP contribution in [0, 0.1) is 0 Å². The van der Waals surface area contributed by atoms with Gasteiger partial charge < -0.3 is 4.98 Å². The van der Waals surface area contributed by atoms with E-state index in [4.69, 9.17) is 0 Å². The minimum absolute atomic E-state index is 0.0344. The van der Waals surface area contributed by atoms with Gasteiger partial charge in [-0.3, -0.25) is 9.48 Å². The Labute approximate surface area is 99.4 Å². The summed E-state index contributed by atoms with van der Waals surface area (Å²) in [5.41, 5.74) is -1.08. The van der Waals surface area contributed by atoms with Gasteiger partial charge in [-0.05, 0) is 12.8 Å². The van der Waals surface area contributed by atoms with Gasteiger partial charge in [0, 0.05) is 19.0 Å². The topological polar surface area (TPSA) is 50.7 Å². The minimum Gasteiger partial charge on any atom is -0.307 e. The largest absolute Gasteiger partial charge is 0.417 e. The second-order valence-corrected chi connectivity index (χ2v) is 4.55. The highest BCUT2D eigenvalue weighted by molar-refractivity contribution is 5.83. The molecular weight excluding hydrogens is 247 g/mol. The van der Waals surface area contributed by atoms with Crippen LogP contribution >= 0.6 is 0 Å². The van der Waals surface area contributed by atoms with E-state index in [1.165, 1.54) is 11.7 Å². The zero-order chi connectivity index (χ0) is 13.1. The molecule has 2 aromatic heterocycles. The maximum atomic E-state index is 13.0. The minimum atomic E-state index is -4.54. The Morgan fingerprint density at radius 1 is 1.44 bits per heavy atom. The summed E-state index contributed by atoms with van der Waals surface area (Å²) in [7, 11) is 1.53. The number of nitrogens with zero attached hydrogens (tertiary/aromatic N) is 2. The zero-order valence-corrected chi connectivity index (χ0v) is 9.51. The van der Waals surface area contributed by atoms with Gasteiger partial charge in [0.05, 0.1) is 16.6 Å². The summed E-state index contributed by atoms with van der Waals surface area (Å²) in [6, 6.07) is 0.607. The lowest BCUT2D eigenvalue weighted by Gasteiger charge is -2.08. The van der Waals surface area contributed by atoms with Crippen molar-refractivity contribution >= 4 is 11.0 Å². The standard InChI is InChI=1S/C11H10F3N3O/c1-17-10-8(9(16-17)5-2-3-5)6(11(12,13)14)4-7(18)15-10/h4-5H,2-3H2,1H3,(H,15,18). The first kappa shape index (κ1) is 11.3. The van der Waals surface area contributed by atoms with Crippen LogP contribution in [0.3, 0.4) is 0 Å². The summed E-state index contributed by atoms with van der Waals surface area (Å²) in [6.45, 7) is 0. The summed E-state index contributed by atoms with van der Waals surface area (Å²) in [4.78, 5) is 13.7. The molecule has 2 heterocycles. The molecule has 1 fully saturated rings. The van der Waals surface area contributed by atoms with Gasteiger partial charge in [-0.1, -0.05) is 0 Å². The molecule has 18 heavy (non-hydrogen) atoms. The van der Waals surface area contributed by atoms with E-state index >= 15 is 0 Å². The predicted octanol–water partition coefficient (Wildman–Crippen LogP) is 2.16. The van der Waals surface area contributed by atoms with Crippen molar-refractivity contribution in [2.75, 3.05) is 0 Å². The Kier molecular flexibility index (Phi) is 2.11. The molecule has 4 nitrogen and oxygen atoms in total. The summed E-state index contributed by atoms with van der Waals surface area (Å²) in [5, 5.41) is 4.15. The van der Waals surface area contributed by atoms with Crippen molar-refractivity contribution in [1.82, 2.24) is 14.8 Å². The SMILES string of the molecule is Cn1nc(C2CC2)c2c(C(F)(F)F)cc(=O)[nH]c21. The number of aromatic amines is 1. The molecule has 0 unspecified atom stereocenters. The van der Waals surface area contributed by atoms with Gasteiger partial charge >= 0.3 is 6.18 Å². The van der Waals surface area contributed by atoms with Crippen LogP contribution in [0.1, 0.15) is 30.0 Å². The molecule has 0 amide bonds. The smallest absolute Gasteiger partial charge is 0.307 e. The molecule has 1 N–H and O–H groups in total. The fourth-order valence-corrected chi connectivity index (χ4v) is 2.18. The number of rotatable bonds is 1. The van der Waals surface area contributed by atoms with Gasteiger partial charge in [-0.15, -0.1) is 0 Å². The van der Waals surface area contributed by atoms with Crippen molar-refractivity contribution in [3.05, 3.63) is 27.7 Å². The lowest BCUT2D eigenvalue weighted by atomic mass is 10.1. The predicted molar refractivity (Wildman–Crippen MR) is 58.3 cm³/mol. The van der Waals surface area contributed by atoms with Gasteiger partial charge in [0.25, 0.3) is 0 Å². The monoisotopic (exact) mass is 257 g/mol. The highest BCUT2D eigenvalue weighted by atomic mass is 19.4. The molecule has 0 aromatic carbocycles. The fraction of sp³-hybridized carbons (Fsp3) is 0.455. The average molecular weight is 257 g/mol. The molecule has 0 aliphatic heterocycles. The van der Waals surface area contributed by atoms with E-state index in [0.29, 0.717) is 11.8 Å². The van der Waals surface area contributed by atoms with Crippen molar-refractivity contribution < 1.29 is 13.2 Å². The number of H-pyrrole nitrogens is 1. The molecule has 7 heteroatoms. The van der Waals surface area contributed by atoms with Crippen LogP contribution < -0.4 is 5.56 Å². The Balaban J connectivity index is 2.42. The first-order valence-electron chi connectivity index (χ1n) is 5.55. The number of hydrogen-bond acceptors (Lipinski definition) is 2. The molecule has 0 saturated heterocycles. The lowest BCUT2D eigenvalue weighted by molar-refractivity contribution is -0.136. The molecule has 96 valence electrons. The first-order chi connectivity index (χ1) is 8.38. The molecular formula is C11H10F3N3O. The molecule has 0 spiro atoms. The Bertz CT molecular complexity index is 679. The van der Waals surface area contributed by atoms with Crippen molar-refractivity contribution in [3.63, 3.8) is 0 Å². The van der Waals surface area contributed by atoms with Crippen LogP contribution in [-0.2, 0) is 13.2 Å². The second-order valence-electron chi connectivity index (χ2n) is 4.55. The van der Waals surface area contributed by atoms with E-state index in [9.17, 15) is 18.0 Å². The number of aryl methyl sites for hydroxylation is 1. The van der Waals surface area contributed by atoms with Gasteiger partial charge in [-0.2, -0.15) is 18.3 Å². The number of hydrogen-bond donors (Lipinski definition) is 1. The fourth-order valence-electron chi connectivity index (χ4n) is 2.18. The highest BCUT2D eigenvalue weighted by Crippen LogP contribution is 2.45. The van der Waals surface area contributed by atoms with Crippen LogP contribution in [0.25, 0.3) is 11.0 Å². The number of pyridine rings is 1. The quantitative estimate of drug-likeness (QED) is 0.851. The highest BCUT2D eigenvalue weighted by Gasteiger charge is 2.38. The van der Waals surface area contributed by atoms with Gasteiger partial charge in [-0.25, -0.2) is 0 Å². The van der Waals surface area contributed by atoms with Crippen LogP contribution in [0.5, 0.6) is 0 Å². The number of alkyl halides is 3. The molecule has 1 aliphatic rings. The lowest BCUT2D eigenvalue weighted by Crippen LogP contribution is -2.14. The van der Waals surface area contributed by atoms with Crippen molar-refractivity contribution in [2.45, 2.75) is 24.9 Å². The molecule has 0 bridgehead atoms. The van der Waals surface area contributed by atoms with Crippen molar-refractivity contribution in [3.8, 4) is 0 Å². The second kappa shape index (κ2) is 3.37. The van der Waals surface area contributed by atoms with Crippen molar-refractivity contribution in [1.29, 1.82) is 0 Å². The molecule has 1 aliphatic carbocycles. The first-order valence-corrected chi connectivity index (χ1v) is 5.55. The maximum absolute atomic E-state index is 13.0. The van der Waals surface area contributed by atoms with Gasteiger partial charge in [0.15, 0.2) is 0 Å². The van der Waals surface area contributed by atoms with Crippen LogP contribution in [0.2, 0.25) is 0 Å². The number of nitrogens with one attached hydrogen (secondary N) is 1. The summed E-state index contributed by atoms with van der Waals surface area (Å²) < 4.78 is 40.2. The summed E-state index contributed by atoms with van der Waals surface area (Å²) in [5.74, 6) is 0.0840. The summed E-state index contributed by atoms with van der Waals surface area (Å²) in [6.07, 6.45) is -2.84.